The maximum absolute atomic E-state index is 12.1. The Bertz CT molecular complexity index is 517. The van der Waals surface area contributed by atoms with Gasteiger partial charge in [-0.15, -0.1) is 11.8 Å². The van der Waals surface area contributed by atoms with Crippen LogP contribution in [0.2, 0.25) is 0 Å². The third-order valence-electron chi connectivity index (χ3n) is 3.16. The van der Waals surface area contributed by atoms with Crippen molar-refractivity contribution in [3.63, 3.8) is 0 Å². The molecule has 2 aliphatic rings. The van der Waals surface area contributed by atoms with Gasteiger partial charge in [0.1, 0.15) is 36.3 Å². The van der Waals surface area contributed by atoms with E-state index in [-0.39, 0.29) is 23.6 Å². The zero-order valence-electron chi connectivity index (χ0n) is 11.4. The highest BCUT2D eigenvalue weighted by molar-refractivity contribution is 8.03. The summed E-state index contributed by atoms with van der Waals surface area (Å²) in [5.74, 6) is -2.21. The topological polar surface area (TPSA) is 93.1 Å². The summed E-state index contributed by atoms with van der Waals surface area (Å²) in [6, 6.07) is 0. The molecule has 2 heterocycles. The third-order valence-corrected chi connectivity index (χ3v) is 4.30. The molecule has 2 aliphatic heterocycles. The van der Waals surface area contributed by atoms with Gasteiger partial charge in [0.15, 0.2) is 0 Å². The van der Waals surface area contributed by atoms with Crippen LogP contribution in [0.25, 0.3) is 0 Å². The van der Waals surface area contributed by atoms with Crippen LogP contribution in [-0.2, 0) is 23.9 Å². The molecular formula is C13H15NO6S. The zero-order valence-corrected chi connectivity index (χ0v) is 12.2. The van der Waals surface area contributed by atoms with E-state index in [4.69, 9.17) is 14.6 Å². The average Bonchev–Trinajstić information content (AvgIpc) is 2.83. The number of amides is 1. The number of esters is 2. The van der Waals surface area contributed by atoms with Crippen molar-refractivity contribution in [3.8, 4) is 0 Å². The number of carbonyl (C=O) groups excluding carboxylic acids is 3. The molecular weight excluding hydrogens is 298 g/mol. The lowest BCUT2D eigenvalue weighted by Crippen LogP contribution is -2.61. The van der Waals surface area contributed by atoms with Crippen LogP contribution >= 0.6 is 11.8 Å². The quantitative estimate of drug-likeness (QED) is 0.419. The number of β-lactam (4-membered cyclic amide) rings is 1. The zero-order chi connectivity index (χ0) is 15.6. The van der Waals surface area contributed by atoms with Crippen LogP contribution in [0.4, 0.5) is 0 Å². The van der Waals surface area contributed by atoms with Crippen molar-refractivity contribution < 1.29 is 29.0 Å². The van der Waals surface area contributed by atoms with E-state index in [1.807, 2.05) is 0 Å². The van der Waals surface area contributed by atoms with E-state index in [1.54, 1.807) is 12.3 Å². The number of aliphatic hydroxyl groups is 1. The summed E-state index contributed by atoms with van der Waals surface area (Å²) in [7, 11) is 0. The lowest BCUT2D eigenvalue weighted by molar-refractivity contribution is -0.168. The first-order valence-electron chi connectivity index (χ1n) is 6.28. The number of fused-ring (bicyclic) bond motifs is 1. The Labute approximate surface area is 125 Å². The van der Waals surface area contributed by atoms with Crippen LogP contribution in [-0.4, -0.2) is 52.5 Å². The fraction of sp³-hybridized carbons (Fsp3) is 0.462. The second-order valence-electron chi connectivity index (χ2n) is 4.50. The van der Waals surface area contributed by atoms with Crippen molar-refractivity contribution in [2.24, 2.45) is 5.92 Å². The molecule has 1 N–H and O–H groups in total. The summed E-state index contributed by atoms with van der Waals surface area (Å²) in [6.45, 7) is 4.37. The molecule has 114 valence electrons. The summed E-state index contributed by atoms with van der Waals surface area (Å²) in [4.78, 5) is 36.3. The highest BCUT2D eigenvalue weighted by atomic mass is 32.2. The minimum Gasteiger partial charge on any atom is -0.460 e. The predicted octanol–water partition coefficient (Wildman–Crippen LogP) is 0.0123. The summed E-state index contributed by atoms with van der Waals surface area (Å²) >= 11 is 1.30. The SMILES string of the molecule is C=CCOC(=O)C1=CS[C@H]2[C@@H]([C@@H](C)OC(=O)CO)C(=O)N12. The Morgan fingerprint density at radius 3 is 2.95 bits per heavy atom. The number of rotatable bonds is 6. The highest BCUT2D eigenvalue weighted by Crippen LogP contribution is 2.46. The molecule has 0 aromatic rings. The highest BCUT2D eigenvalue weighted by Gasteiger charge is 2.56. The molecule has 2 rings (SSSR count). The first-order valence-corrected chi connectivity index (χ1v) is 7.22. The first kappa shape index (κ1) is 15.6. The molecule has 1 saturated heterocycles. The molecule has 0 unspecified atom stereocenters. The molecule has 0 aromatic heterocycles. The minimum atomic E-state index is -0.782. The van der Waals surface area contributed by atoms with Gasteiger partial charge in [-0.25, -0.2) is 9.59 Å². The Morgan fingerprint density at radius 1 is 1.62 bits per heavy atom. The number of hydrogen-bond donors (Lipinski definition) is 1. The van der Waals surface area contributed by atoms with E-state index in [0.717, 1.165) is 0 Å². The number of thioether (sulfide) groups is 1. The van der Waals surface area contributed by atoms with Gasteiger partial charge in [-0.2, -0.15) is 0 Å². The Kier molecular flexibility index (Phi) is 4.69. The second-order valence-corrected chi connectivity index (χ2v) is 5.49. The van der Waals surface area contributed by atoms with Crippen molar-refractivity contribution >= 4 is 29.6 Å². The van der Waals surface area contributed by atoms with Crippen LogP contribution in [0.3, 0.4) is 0 Å². The van der Waals surface area contributed by atoms with E-state index in [1.165, 1.54) is 22.7 Å². The lowest BCUT2D eigenvalue weighted by Gasteiger charge is -2.44. The van der Waals surface area contributed by atoms with Crippen LogP contribution in [0.5, 0.6) is 0 Å². The number of aliphatic hydroxyl groups excluding tert-OH is 1. The van der Waals surface area contributed by atoms with Crippen molar-refractivity contribution in [2.75, 3.05) is 13.2 Å². The second kappa shape index (κ2) is 6.31. The molecule has 0 bridgehead atoms. The maximum Gasteiger partial charge on any atom is 0.355 e. The number of carbonyl (C=O) groups is 3. The average molecular weight is 313 g/mol. The van der Waals surface area contributed by atoms with E-state index in [0.29, 0.717) is 0 Å². The van der Waals surface area contributed by atoms with E-state index >= 15 is 0 Å². The minimum absolute atomic E-state index is 0.0709. The van der Waals surface area contributed by atoms with Crippen molar-refractivity contribution in [2.45, 2.75) is 18.4 Å². The number of ether oxygens (including phenoxy) is 2. The molecule has 7 nitrogen and oxygen atoms in total. The summed E-state index contributed by atoms with van der Waals surface area (Å²) in [5, 5.41) is 9.93. The van der Waals surface area contributed by atoms with Crippen LogP contribution in [0.15, 0.2) is 23.8 Å². The Hall–Kier alpha value is -1.80. The van der Waals surface area contributed by atoms with Gasteiger partial charge in [-0.1, -0.05) is 12.7 Å². The molecule has 0 radical (unpaired) electrons. The fourth-order valence-electron chi connectivity index (χ4n) is 2.18. The summed E-state index contributed by atoms with van der Waals surface area (Å²) in [5.41, 5.74) is 0.189. The van der Waals surface area contributed by atoms with Crippen molar-refractivity contribution in [3.05, 3.63) is 23.8 Å². The van der Waals surface area contributed by atoms with E-state index in [2.05, 4.69) is 6.58 Å². The van der Waals surface area contributed by atoms with Gasteiger partial charge in [-0.05, 0) is 6.92 Å². The van der Waals surface area contributed by atoms with Gasteiger partial charge in [-0.3, -0.25) is 9.69 Å². The van der Waals surface area contributed by atoms with Gasteiger partial charge >= 0.3 is 11.9 Å². The smallest absolute Gasteiger partial charge is 0.355 e. The monoisotopic (exact) mass is 313 g/mol. The van der Waals surface area contributed by atoms with E-state index in [9.17, 15) is 14.4 Å². The van der Waals surface area contributed by atoms with Crippen LogP contribution in [0.1, 0.15) is 6.92 Å². The predicted molar refractivity (Wildman–Crippen MR) is 73.6 cm³/mol. The Morgan fingerprint density at radius 2 is 2.33 bits per heavy atom. The maximum atomic E-state index is 12.1. The summed E-state index contributed by atoms with van der Waals surface area (Å²) < 4.78 is 9.84. The fourth-order valence-corrected chi connectivity index (χ4v) is 3.51. The molecule has 3 atom stereocenters. The molecule has 0 saturated carbocycles. The summed E-state index contributed by atoms with van der Waals surface area (Å²) in [6.07, 6.45) is 0.776. The first-order chi connectivity index (χ1) is 10.0. The molecule has 0 spiro atoms. The van der Waals surface area contributed by atoms with Gasteiger partial charge in [0, 0.05) is 5.41 Å². The van der Waals surface area contributed by atoms with Gasteiger partial charge < -0.3 is 14.6 Å². The van der Waals surface area contributed by atoms with Gasteiger partial charge in [0.05, 0.1) is 0 Å². The lowest BCUT2D eigenvalue weighted by atomic mass is 9.92. The van der Waals surface area contributed by atoms with Gasteiger partial charge in [0.2, 0.25) is 5.91 Å². The molecule has 21 heavy (non-hydrogen) atoms. The third kappa shape index (κ3) is 2.81. The van der Waals surface area contributed by atoms with Gasteiger partial charge in [0.25, 0.3) is 0 Å². The molecule has 1 amide bonds. The van der Waals surface area contributed by atoms with Crippen molar-refractivity contribution in [1.29, 1.82) is 0 Å². The Balaban J connectivity index is 1.98. The molecule has 1 fully saturated rings. The number of nitrogens with zero attached hydrogens (tertiary/aromatic N) is 1. The molecule has 0 aromatic carbocycles. The van der Waals surface area contributed by atoms with Crippen molar-refractivity contribution in [1.82, 2.24) is 4.90 Å². The number of hydrogen-bond acceptors (Lipinski definition) is 7. The van der Waals surface area contributed by atoms with E-state index < -0.39 is 30.6 Å². The standard InChI is InChI=1S/C13H15NO6S/c1-3-4-19-13(18)8-6-21-12-10(11(17)14(8)12)7(2)20-9(16)5-15/h3,6-7,10,12,15H,1,4-5H2,2H3/t7-,10+,12+/m1/s1. The largest absolute Gasteiger partial charge is 0.460 e. The van der Waals surface area contributed by atoms with Crippen LogP contribution < -0.4 is 0 Å². The molecule has 0 aliphatic carbocycles. The normalized spacial score (nSPS) is 24.6. The van der Waals surface area contributed by atoms with Crippen LogP contribution in [0, 0.1) is 5.92 Å². The molecule has 8 heteroatoms.